The molecule has 1 amide bonds. The first-order valence-corrected chi connectivity index (χ1v) is 11.3. The summed E-state index contributed by atoms with van der Waals surface area (Å²) >= 11 is 0. The van der Waals surface area contributed by atoms with Crippen LogP contribution in [0.5, 0.6) is 0 Å². The lowest BCUT2D eigenvalue weighted by molar-refractivity contribution is -0.138. The van der Waals surface area contributed by atoms with E-state index < -0.39 is 0 Å². The molecule has 0 saturated carbocycles. The summed E-state index contributed by atoms with van der Waals surface area (Å²) < 4.78 is 6.95. The minimum absolute atomic E-state index is 0.0178. The van der Waals surface area contributed by atoms with Gasteiger partial charge < -0.3 is 9.64 Å². The van der Waals surface area contributed by atoms with Crippen molar-refractivity contribution in [3.63, 3.8) is 0 Å². The van der Waals surface area contributed by atoms with E-state index in [1.807, 2.05) is 68.1 Å². The Bertz CT molecular complexity index is 1120. The number of fused-ring (bicyclic) bond motifs is 1. The number of nitrogens with zero attached hydrogens (tertiary/aromatic N) is 3. The molecule has 3 aromatic rings. The van der Waals surface area contributed by atoms with E-state index in [1.54, 1.807) is 17.7 Å². The number of aromatic nitrogens is 2. The standard InChI is InChI=1S/C26H33N3O3/c1-6-19-12-14-20(15-13-19)29-24(27-22-11-9-8-10-21(22)26(29)31)23(7-2)28(16-17-32-5)25(30)18(3)4/h8-15,18,23H,6-7,16-17H2,1-5H3. The maximum atomic E-state index is 13.7. The van der Waals surface area contributed by atoms with Gasteiger partial charge in [-0.2, -0.15) is 0 Å². The average Bonchev–Trinajstić information content (AvgIpc) is 2.81. The van der Waals surface area contributed by atoms with E-state index in [0.29, 0.717) is 36.3 Å². The first-order valence-electron chi connectivity index (χ1n) is 11.3. The van der Waals surface area contributed by atoms with Crippen molar-refractivity contribution < 1.29 is 9.53 Å². The second-order valence-corrected chi connectivity index (χ2v) is 8.25. The zero-order valence-corrected chi connectivity index (χ0v) is 19.7. The zero-order chi connectivity index (χ0) is 23.3. The van der Waals surface area contributed by atoms with Gasteiger partial charge >= 0.3 is 0 Å². The predicted molar refractivity (Wildman–Crippen MR) is 128 cm³/mol. The number of amides is 1. The zero-order valence-electron chi connectivity index (χ0n) is 19.7. The molecule has 6 heteroatoms. The van der Waals surface area contributed by atoms with Gasteiger partial charge in [0, 0.05) is 19.6 Å². The molecular weight excluding hydrogens is 402 g/mol. The van der Waals surface area contributed by atoms with Crippen molar-refractivity contribution in [3.8, 4) is 5.69 Å². The molecule has 0 aliphatic carbocycles. The van der Waals surface area contributed by atoms with Crippen molar-refractivity contribution in [2.24, 2.45) is 5.92 Å². The van der Waals surface area contributed by atoms with Crippen LogP contribution in [-0.4, -0.2) is 40.6 Å². The Morgan fingerprint density at radius 2 is 1.78 bits per heavy atom. The highest BCUT2D eigenvalue weighted by atomic mass is 16.5. The van der Waals surface area contributed by atoms with Crippen LogP contribution >= 0.6 is 0 Å². The Hall–Kier alpha value is -2.99. The number of para-hydroxylation sites is 1. The summed E-state index contributed by atoms with van der Waals surface area (Å²) in [6, 6.07) is 15.0. The van der Waals surface area contributed by atoms with Crippen molar-refractivity contribution >= 4 is 16.8 Å². The molecule has 1 heterocycles. The van der Waals surface area contributed by atoms with Crippen LogP contribution in [0.15, 0.2) is 53.3 Å². The number of rotatable bonds is 9. The van der Waals surface area contributed by atoms with Gasteiger partial charge in [-0.05, 0) is 42.7 Å². The van der Waals surface area contributed by atoms with Crippen molar-refractivity contribution in [1.82, 2.24) is 14.5 Å². The Balaban J connectivity index is 2.27. The van der Waals surface area contributed by atoms with Crippen LogP contribution in [0.2, 0.25) is 0 Å². The van der Waals surface area contributed by atoms with Crippen LogP contribution < -0.4 is 5.56 Å². The summed E-state index contributed by atoms with van der Waals surface area (Å²) in [5.74, 6) is 0.417. The van der Waals surface area contributed by atoms with Gasteiger partial charge in [-0.25, -0.2) is 4.98 Å². The highest BCUT2D eigenvalue weighted by molar-refractivity contribution is 5.80. The first kappa shape index (κ1) is 23.7. The van der Waals surface area contributed by atoms with Gasteiger partial charge in [0.05, 0.1) is 29.2 Å². The molecule has 0 radical (unpaired) electrons. The number of carbonyl (C=O) groups excluding carboxylic acids is 1. The van der Waals surface area contributed by atoms with E-state index in [1.165, 1.54) is 5.56 Å². The number of hydrogen-bond acceptors (Lipinski definition) is 4. The van der Waals surface area contributed by atoms with Crippen molar-refractivity contribution in [3.05, 3.63) is 70.3 Å². The second-order valence-electron chi connectivity index (χ2n) is 8.25. The third-order valence-electron chi connectivity index (χ3n) is 5.78. The van der Waals surface area contributed by atoms with Gasteiger partial charge in [-0.15, -0.1) is 0 Å². The predicted octanol–water partition coefficient (Wildman–Crippen LogP) is 4.53. The molecule has 3 rings (SSSR count). The molecule has 0 N–H and O–H groups in total. The maximum Gasteiger partial charge on any atom is 0.266 e. The number of aryl methyl sites for hydroxylation is 1. The molecule has 0 bridgehead atoms. The molecule has 170 valence electrons. The van der Waals surface area contributed by atoms with E-state index in [0.717, 1.165) is 12.1 Å². The molecule has 2 aromatic carbocycles. The smallest absolute Gasteiger partial charge is 0.266 e. The number of carbonyl (C=O) groups is 1. The summed E-state index contributed by atoms with van der Waals surface area (Å²) in [7, 11) is 1.62. The number of hydrogen-bond donors (Lipinski definition) is 0. The molecule has 1 atom stereocenters. The molecule has 0 aliphatic rings. The molecule has 0 spiro atoms. The SMILES string of the molecule is CCc1ccc(-n2c(C(CC)N(CCOC)C(=O)C(C)C)nc3ccccc3c2=O)cc1. The fraction of sp³-hybridized carbons (Fsp3) is 0.423. The summed E-state index contributed by atoms with van der Waals surface area (Å²) in [5.41, 5.74) is 2.46. The maximum absolute atomic E-state index is 13.7. The van der Waals surface area contributed by atoms with E-state index in [4.69, 9.17) is 9.72 Å². The van der Waals surface area contributed by atoms with Crippen LogP contribution in [0.25, 0.3) is 16.6 Å². The number of ether oxygens (including phenoxy) is 1. The minimum Gasteiger partial charge on any atom is -0.383 e. The van der Waals surface area contributed by atoms with Gasteiger partial charge in [0.2, 0.25) is 5.91 Å². The lowest BCUT2D eigenvalue weighted by atomic mass is 10.1. The van der Waals surface area contributed by atoms with Crippen LogP contribution in [0.3, 0.4) is 0 Å². The van der Waals surface area contributed by atoms with Crippen LogP contribution in [0.4, 0.5) is 0 Å². The Morgan fingerprint density at radius 1 is 1.09 bits per heavy atom. The van der Waals surface area contributed by atoms with Gasteiger partial charge in [0.25, 0.3) is 5.56 Å². The van der Waals surface area contributed by atoms with Crippen LogP contribution in [-0.2, 0) is 16.0 Å². The Kier molecular flexibility index (Phi) is 7.80. The normalized spacial score (nSPS) is 12.3. The third kappa shape index (κ3) is 4.75. The molecule has 0 aliphatic heterocycles. The van der Waals surface area contributed by atoms with Crippen molar-refractivity contribution in [1.29, 1.82) is 0 Å². The minimum atomic E-state index is -0.358. The molecular formula is C26H33N3O3. The van der Waals surface area contributed by atoms with Crippen molar-refractivity contribution in [2.75, 3.05) is 20.3 Å². The fourth-order valence-corrected chi connectivity index (χ4v) is 3.99. The Labute approximate surface area is 189 Å². The fourth-order valence-electron chi connectivity index (χ4n) is 3.99. The lowest BCUT2D eigenvalue weighted by Crippen LogP contribution is -2.42. The summed E-state index contributed by atoms with van der Waals surface area (Å²) in [6.07, 6.45) is 1.54. The Morgan fingerprint density at radius 3 is 2.38 bits per heavy atom. The molecule has 0 saturated heterocycles. The van der Waals surface area contributed by atoms with Gasteiger partial charge in [-0.3, -0.25) is 14.2 Å². The summed E-state index contributed by atoms with van der Waals surface area (Å²) in [4.78, 5) is 33.5. The molecule has 1 aromatic heterocycles. The lowest BCUT2D eigenvalue weighted by Gasteiger charge is -2.33. The molecule has 1 unspecified atom stereocenters. The van der Waals surface area contributed by atoms with Crippen LogP contribution in [0.1, 0.15) is 51.5 Å². The molecule has 32 heavy (non-hydrogen) atoms. The summed E-state index contributed by atoms with van der Waals surface area (Å²) in [5, 5.41) is 0.560. The van der Waals surface area contributed by atoms with E-state index in [-0.39, 0.29) is 23.4 Å². The number of methoxy groups -OCH3 is 1. The van der Waals surface area contributed by atoms with E-state index in [2.05, 4.69) is 6.92 Å². The highest BCUT2D eigenvalue weighted by Crippen LogP contribution is 2.27. The van der Waals surface area contributed by atoms with E-state index >= 15 is 0 Å². The van der Waals surface area contributed by atoms with E-state index in [9.17, 15) is 9.59 Å². The van der Waals surface area contributed by atoms with Gasteiger partial charge in [0.1, 0.15) is 5.82 Å². The first-order chi connectivity index (χ1) is 15.4. The third-order valence-corrected chi connectivity index (χ3v) is 5.78. The highest BCUT2D eigenvalue weighted by Gasteiger charge is 2.30. The van der Waals surface area contributed by atoms with Crippen molar-refractivity contribution in [2.45, 2.75) is 46.6 Å². The summed E-state index contributed by atoms with van der Waals surface area (Å²) in [6.45, 7) is 8.74. The topological polar surface area (TPSA) is 64.4 Å². The monoisotopic (exact) mass is 435 g/mol. The van der Waals surface area contributed by atoms with Crippen LogP contribution in [0, 0.1) is 5.92 Å². The van der Waals surface area contributed by atoms with Gasteiger partial charge in [0.15, 0.2) is 0 Å². The largest absolute Gasteiger partial charge is 0.383 e. The average molecular weight is 436 g/mol. The quantitative estimate of drug-likeness (QED) is 0.495. The number of benzene rings is 2. The van der Waals surface area contributed by atoms with Gasteiger partial charge in [-0.1, -0.05) is 52.0 Å². The second kappa shape index (κ2) is 10.6. The molecule has 6 nitrogen and oxygen atoms in total. The molecule has 0 fully saturated rings.